The summed E-state index contributed by atoms with van der Waals surface area (Å²) in [6.45, 7) is 1.77. The maximum atomic E-state index is 13.1. The van der Waals surface area contributed by atoms with Gasteiger partial charge in [-0.1, -0.05) is 109 Å². The van der Waals surface area contributed by atoms with E-state index in [1.165, 1.54) is 0 Å². The molecule has 1 heterocycles. The molecule has 0 saturated heterocycles. The van der Waals surface area contributed by atoms with Crippen LogP contribution in [0.15, 0.2) is 121 Å². The molecule has 0 bridgehead atoms. The highest BCUT2D eigenvalue weighted by molar-refractivity contribution is 7.69. The van der Waals surface area contributed by atoms with Crippen molar-refractivity contribution < 1.29 is 9.30 Å². The topological polar surface area (TPSA) is 26.3 Å². The van der Waals surface area contributed by atoms with Crippen LogP contribution in [0.3, 0.4) is 0 Å². The Morgan fingerprint density at radius 1 is 0.469 bits per heavy atom. The predicted octanol–water partition coefficient (Wildman–Crippen LogP) is 8.34. The monoisotopic (exact) mass is 434 g/mol. The molecule has 0 amide bonds. The first kappa shape index (κ1) is 20.3. The van der Waals surface area contributed by atoms with Crippen molar-refractivity contribution in [3.8, 4) is 22.3 Å². The van der Waals surface area contributed by atoms with Crippen LogP contribution in [0, 0.1) is 0 Å². The Morgan fingerprint density at radius 2 is 0.781 bits per heavy atom. The van der Waals surface area contributed by atoms with Gasteiger partial charge in [-0.2, -0.15) is 0 Å². The van der Waals surface area contributed by atoms with Crippen LogP contribution in [0.2, 0.25) is 0 Å². The van der Waals surface area contributed by atoms with E-state index in [9.17, 15) is 4.57 Å². The second-order valence-electron chi connectivity index (χ2n) is 8.03. The molecular formula is C29H23O2P. The third-order valence-electron chi connectivity index (χ3n) is 5.52. The Kier molecular flexibility index (Phi) is 5.39. The van der Waals surface area contributed by atoms with Crippen molar-refractivity contribution in [3.63, 3.8) is 0 Å². The minimum Gasteiger partial charge on any atom is -0.456 e. The lowest BCUT2D eigenvalue weighted by Crippen LogP contribution is -1.98. The lowest BCUT2D eigenvalue weighted by Gasteiger charge is -2.21. The van der Waals surface area contributed by atoms with Crippen molar-refractivity contribution in [2.45, 2.75) is 0 Å². The van der Waals surface area contributed by atoms with E-state index in [-0.39, 0.29) is 0 Å². The Bertz CT molecular complexity index is 1230. The first-order valence-electron chi connectivity index (χ1n) is 10.6. The molecule has 0 radical (unpaired) electrons. The van der Waals surface area contributed by atoms with Crippen LogP contribution in [-0.4, -0.2) is 6.66 Å². The predicted molar refractivity (Wildman–Crippen MR) is 134 cm³/mol. The fraction of sp³-hybridized carbons (Fsp3) is 0.0345. The number of hydrogen-bond donors (Lipinski definition) is 0. The van der Waals surface area contributed by atoms with Gasteiger partial charge < -0.3 is 9.30 Å². The first-order chi connectivity index (χ1) is 15.6. The van der Waals surface area contributed by atoms with Crippen LogP contribution in [0.4, 0.5) is 0 Å². The van der Waals surface area contributed by atoms with Crippen LogP contribution >= 0.6 is 7.14 Å². The maximum Gasteiger partial charge on any atom is 0.138 e. The summed E-state index contributed by atoms with van der Waals surface area (Å²) in [7, 11) is -2.62. The molecule has 1 aliphatic rings. The maximum absolute atomic E-state index is 13.1. The second kappa shape index (κ2) is 8.49. The standard InChI is InChI=1S/C29H23O2P/c1-32(30)20-28(26-16-12-24(13-17-26)22-8-4-2-5-9-22)31-29(21-32)27-18-14-25(15-19-27)23-10-6-3-7-11-23/h2-21H,1H3. The van der Waals surface area contributed by atoms with E-state index in [0.717, 1.165) is 33.4 Å². The number of hydrogen-bond acceptors (Lipinski definition) is 2. The van der Waals surface area contributed by atoms with E-state index in [0.29, 0.717) is 11.5 Å². The zero-order valence-electron chi connectivity index (χ0n) is 17.8. The normalized spacial score (nSPS) is 14.8. The average Bonchev–Trinajstić information content (AvgIpc) is 2.84. The summed E-state index contributed by atoms with van der Waals surface area (Å²) >= 11 is 0. The van der Waals surface area contributed by atoms with Gasteiger partial charge in [-0.15, -0.1) is 0 Å². The van der Waals surface area contributed by atoms with Crippen LogP contribution < -0.4 is 0 Å². The molecule has 32 heavy (non-hydrogen) atoms. The summed E-state index contributed by atoms with van der Waals surface area (Å²) in [5.74, 6) is 4.79. The third-order valence-corrected chi connectivity index (χ3v) is 7.01. The smallest absolute Gasteiger partial charge is 0.138 e. The van der Waals surface area contributed by atoms with Gasteiger partial charge in [0.25, 0.3) is 0 Å². The Balaban J connectivity index is 1.41. The summed E-state index contributed by atoms with van der Waals surface area (Å²) < 4.78 is 19.4. The molecule has 3 heteroatoms. The molecule has 2 nitrogen and oxygen atoms in total. The highest BCUT2D eigenvalue weighted by Gasteiger charge is 2.22. The van der Waals surface area contributed by atoms with E-state index in [1.807, 2.05) is 60.7 Å². The van der Waals surface area contributed by atoms with E-state index < -0.39 is 7.14 Å². The van der Waals surface area contributed by atoms with Gasteiger partial charge >= 0.3 is 0 Å². The van der Waals surface area contributed by atoms with Gasteiger partial charge in [-0.25, -0.2) is 0 Å². The molecule has 4 aromatic rings. The van der Waals surface area contributed by atoms with Crippen molar-refractivity contribution in [2.75, 3.05) is 6.66 Å². The highest BCUT2D eigenvalue weighted by atomic mass is 31.2. The van der Waals surface area contributed by atoms with E-state index in [4.69, 9.17) is 4.74 Å². The van der Waals surface area contributed by atoms with Gasteiger partial charge in [-0.05, 0) is 28.9 Å². The highest BCUT2D eigenvalue weighted by Crippen LogP contribution is 2.53. The van der Waals surface area contributed by atoms with Crippen molar-refractivity contribution >= 4 is 18.7 Å². The Labute approximate surface area is 188 Å². The number of benzene rings is 4. The fourth-order valence-corrected chi connectivity index (χ4v) is 5.27. The summed E-state index contributed by atoms with van der Waals surface area (Å²) in [6.07, 6.45) is 0. The molecule has 5 rings (SSSR count). The molecule has 0 atom stereocenters. The summed E-state index contributed by atoms with van der Waals surface area (Å²) in [6, 6.07) is 36.9. The average molecular weight is 434 g/mol. The van der Waals surface area contributed by atoms with Crippen molar-refractivity contribution in [1.29, 1.82) is 0 Å². The van der Waals surface area contributed by atoms with E-state index >= 15 is 0 Å². The third kappa shape index (κ3) is 4.37. The van der Waals surface area contributed by atoms with Crippen LogP contribution in [-0.2, 0) is 9.30 Å². The zero-order chi connectivity index (χ0) is 22.0. The largest absolute Gasteiger partial charge is 0.456 e. The second-order valence-corrected chi connectivity index (χ2v) is 10.7. The number of ether oxygens (including phenoxy) is 1. The molecule has 0 aromatic heterocycles. The molecule has 0 N–H and O–H groups in total. The molecule has 4 aromatic carbocycles. The van der Waals surface area contributed by atoms with Gasteiger partial charge in [0.15, 0.2) is 0 Å². The minimum absolute atomic E-state index is 0.639. The lowest BCUT2D eigenvalue weighted by molar-refractivity contribution is 0.469. The van der Waals surface area contributed by atoms with Crippen LogP contribution in [0.25, 0.3) is 33.8 Å². The van der Waals surface area contributed by atoms with E-state index in [2.05, 4.69) is 48.5 Å². The Morgan fingerprint density at radius 3 is 1.16 bits per heavy atom. The van der Waals surface area contributed by atoms with Crippen LogP contribution in [0.1, 0.15) is 11.1 Å². The molecule has 1 aliphatic heterocycles. The molecule has 0 aliphatic carbocycles. The van der Waals surface area contributed by atoms with Gasteiger partial charge in [0.05, 0.1) is 0 Å². The van der Waals surface area contributed by atoms with Gasteiger partial charge in [0, 0.05) is 22.8 Å². The molecule has 0 saturated carbocycles. The van der Waals surface area contributed by atoms with E-state index in [1.54, 1.807) is 18.3 Å². The summed E-state index contributed by atoms with van der Waals surface area (Å²) in [4.78, 5) is 0. The fourth-order valence-electron chi connectivity index (χ4n) is 3.86. The Hall–Kier alpha value is -3.61. The minimum atomic E-state index is -2.62. The van der Waals surface area contributed by atoms with Gasteiger partial charge in [-0.3, -0.25) is 0 Å². The summed E-state index contributed by atoms with van der Waals surface area (Å²) in [5.41, 5.74) is 6.43. The van der Waals surface area contributed by atoms with Crippen molar-refractivity contribution in [2.24, 2.45) is 0 Å². The number of rotatable bonds is 4. The molecule has 156 valence electrons. The molecule has 0 unspecified atom stereocenters. The summed E-state index contributed by atoms with van der Waals surface area (Å²) in [5, 5.41) is 0. The van der Waals surface area contributed by atoms with Crippen LogP contribution in [0.5, 0.6) is 0 Å². The van der Waals surface area contributed by atoms with Gasteiger partial charge in [0.2, 0.25) is 0 Å². The molecular weight excluding hydrogens is 411 g/mol. The van der Waals surface area contributed by atoms with Crippen molar-refractivity contribution in [1.82, 2.24) is 0 Å². The quantitative estimate of drug-likeness (QED) is 0.302. The molecule has 0 fully saturated rings. The van der Waals surface area contributed by atoms with Crippen molar-refractivity contribution in [3.05, 3.63) is 132 Å². The zero-order valence-corrected chi connectivity index (χ0v) is 18.7. The first-order valence-corrected chi connectivity index (χ1v) is 12.9. The SMILES string of the molecule is CP1(=O)C=C(c2ccc(-c3ccccc3)cc2)OC(c2ccc(-c3ccccc3)cc2)=C1. The van der Waals surface area contributed by atoms with Gasteiger partial charge in [0.1, 0.15) is 18.7 Å². The molecule has 0 spiro atoms. The lowest BCUT2D eigenvalue weighted by atomic mass is 10.0.